The van der Waals surface area contributed by atoms with Gasteiger partial charge in [-0.1, -0.05) is 23.2 Å². The van der Waals surface area contributed by atoms with Crippen molar-refractivity contribution in [2.75, 3.05) is 26.4 Å². The Morgan fingerprint density at radius 2 is 2.10 bits per heavy atom. The molecule has 0 atom stereocenters. The number of nitrogen functional groups attached to an aromatic ring is 1. The van der Waals surface area contributed by atoms with Crippen molar-refractivity contribution in [2.45, 2.75) is 6.54 Å². The highest BCUT2D eigenvalue weighted by atomic mass is 35.5. The molecule has 112 valence electrons. The molecule has 2 aromatic rings. The molecule has 0 saturated carbocycles. The van der Waals surface area contributed by atoms with Crippen LogP contribution in [0.2, 0.25) is 10.0 Å². The van der Waals surface area contributed by atoms with Gasteiger partial charge in [0.25, 0.3) is 0 Å². The molecule has 1 aromatic heterocycles. The number of ketones is 1. The molecule has 2 rings (SSSR count). The van der Waals surface area contributed by atoms with Gasteiger partial charge in [-0.2, -0.15) is 5.10 Å². The van der Waals surface area contributed by atoms with E-state index in [0.717, 1.165) is 6.54 Å². The van der Waals surface area contributed by atoms with Gasteiger partial charge in [0.2, 0.25) is 5.78 Å². The monoisotopic (exact) mass is 326 g/mol. The number of halogens is 2. The fraction of sp³-hybridized carbons (Fsp3) is 0.286. The van der Waals surface area contributed by atoms with Gasteiger partial charge in [0.1, 0.15) is 5.69 Å². The third-order valence-electron chi connectivity index (χ3n) is 3.03. The second-order valence-electron chi connectivity index (χ2n) is 4.93. The number of nitrogens with two attached hydrogens (primary N) is 1. The Labute approximate surface area is 133 Å². The average molecular weight is 327 g/mol. The highest BCUT2D eigenvalue weighted by molar-refractivity contribution is 6.35. The van der Waals surface area contributed by atoms with Crippen molar-refractivity contribution in [1.82, 2.24) is 14.7 Å². The molecule has 5 nitrogen and oxygen atoms in total. The van der Waals surface area contributed by atoms with E-state index < -0.39 is 0 Å². The van der Waals surface area contributed by atoms with E-state index in [4.69, 9.17) is 28.9 Å². The number of carbonyl (C=O) groups excluding carboxylic acids is 1. The number of anilines is 1. The van der Waals surface area contributed by atoms with Crippen molar-refractivity contribution < 1.29 is 4.79 Å². The lowest BCUT2D eigenvalue weighted by molar-refractivity contribution is 0.102. The van der Waals surface area contributed by atoms with Crippen LogP contribution < -0.4 is 5.73 Å². The fourth-order valence-electron chi connectivity index (χ4n) is 1.92. The minimum Gasteiger partial charge on any atom is -0.398 e. The van der Waals surface area contributed by atoms with Crippen LogP contribution in [0.1, 0.15) is 16.1 Å². The van der Waals surface area contributed by atoms with Gasteiger partial charge in [0.15, 0.2) is 0 Å². The summed E-state index contributed by atoms with van der Waals surface area (Å²) in [4.78, 5) is 14.6. The van der Waals surface area contributed by atoms with Crippen LogP contribution in [0.15, 0.2) is 24.4 Å². The maximum Gasteiger partial charge on any atom is 0.214 e. The summed E-state index contributed by atoms with van der Waals surface area (Å²) >= 11 is 12.0. The lowest BCUT2D eigenvalue weighted by Crippen LogP contribution is -2.22. The predicted molar refractivity (Wildman–Crippen MR) is 85.1 cm³/mol. The SMILES string of the molecule is CN(C)CCn1ncc(Cl)c1C(=O)c1ccc(Cl)cc1N. The van der Waals surface area contributed by atoms with Crippen LogP contribution in [-0.2, 0) is 6.54 Å². The van der Waals surface area contributed by atoms with E-state index in [1.165, 1.54) is 6.20 Å². The summed E-state index contributed by atoms with van der Waals surface area (Å²) in [6, 6.07) is 4.77. The van der Waals surface area contributed by atoms with Crippen molar-refractivity contribution in [2.24, 2.45) is 0 Å². The molecule has 21 heavy (non-hydrogen) atoms. The second kappa shape index (κ2) is 6.47. The Morgan fingerprint density at radius 1 is 1.38 bits per heavy atom. The van der Waals surface area contributed by atoms with E-state index in [-0.39, 0.29) is 5.78 Å². The number of likely N-dealkylation sites (N-methyl/N-ethyl adjacent to an activating group) is 1. The van der Waals surface area contributed by atoms with Gasteiger partial charge in [-0.05, 0) is 32.3 Å². The number of rotatable bonds is 5. The summed E-state index contributed by atoms with van der Waals surface area (Å²) in [5.74, 6) is -0.259. The summed E-state index contributed by atoms with van der Waals surface area (Å²) < 4.78 is 1.60. The number of carbonyl (C=O) groups is 1. The highest BCUT2D eigenvalue weighted by Crippen LogP contribution is 2.24. The molecule has 2 N–H and O–H groups in total. The smallest absolute Gasteiger partial charge is 0.214 e. The molecular formula is C14H16Cl2N4O. The number of hydrogen-bond donors (Lipinski definition) is 1. The first-order valence-corrected chi connectivity index (χ1v) is 7.11. The maximum absolute atomic E-state index is 12.6. The Balaban J connectivity index is 2.36. The first-order chi connectivity index (χ1) is 9.90. The van der Waals surface area contributed by atoms with Crippen LogP contribution in [0.5, 0.6) is 0 Å². The zero-order valence-corrected chi connectivity index (χ0v) is 13.3. The fourth-order valence-corrected chi connectivity index (χ4v) is 2.33. The molecular weight excluding hydrogens is 311 g/mol. The topological polar surface area (TPSA) is 64.2 Å². The summed E-state index contributed by atoms with van der Waals surface area (Å²) in [5, 5.41) is 4.95. The molecule has 0 bridgehead atoms. The first-order valence-electron chi connectivity index (χ1n) is 6.36. The minimum absolute atomic E-state index is 0.259. The van der Waals surface area contributed by atoms with E-state index >= 15 is 0 Å². The number of hydrogen-bond acceptors (Lipinski definition) is 4. The maximum atomic E-state index is 12.6. The molecule has 0 aliphatic rings. The van der Waals surface area contributed by atoms with Crippen LogP contribution in [-0.4, -0.2) is 41.1 Å². The third-order valence-corrected chi connectivity index (χ3v) is 3.54. The Kier molecular flexibility index (Phi) is 4.88. The lowest BCUT2D eigenvalue weighted by atomic mass is 10.1. The van der Waals surface area contributed by atoms with E-state index in [9.17, 15) is 4.79 Å². The normalized spacial score (nSPS) is 11.1. The molecule has 0 fully saturated rings. The zero-order chi connectivity index (χ0) is 15.6. The molecule has 0 amide bonds. The number of nitrogens with zero attached hydrogens (tertiary/aromatic N) is 3. The quantitative estimate of drug-likeness (QED) is 0.677. The Hall–Kier alpha value is -1.56. The summed E-state index contributed by atoms with van der Waals surface area (Å²) in [7, 11) is 3.90. The van der Waals surface area contributed by atoms with Crippen molar-refractivity contribution >= 4 is 34.7 Å². The van der Waals surface area contributed by atoms with Crippen molar-refractivity contribution in [3.63, 3.8) is 0 Å². The van der Waals surface area contributed by atoms with Gasteiger partial charge in [-0.15, -0.1) is 0 Å². The van der Waals surface area contributed by atoms with Crippen molar-refractivity contribution in [1.29, 1.82) is 0 Å². The van der Waals surface area contributed by atoms with Crippen LogP contribution in [0.4, 0.5) is 5.69 Å². The third kappa shape index (κ3) is 3.56. The zero-order valence-electron chi connectivity index (χ0n) is 11.8. The molecule has 0 aliphatic carbocycles. The van der Waals surface area contributed by atoms with E-state index in [2.05, 4.69) is 5.10 Å². The molecule has 0 spiro atoms. The number of benzene rings is 1. The molecule has 0 saturated heterocycles. The number of aromatic nitrogens is 2. The Bertz CT molecular complexity index is 667. The van der Waals surface area contributed by atoms with Gasteiger partial charge < -0.3 is 10.6 Å². The van der Waals surface area contributed by atoms with Gasteiger partial charge >= 0.3 is 0 Å². The molecule has 0 unspecified atom stereocenters. The Morgan fingerprint density at radius 3 is 2.71 bits per heavy atom. The summed E-state index contributed by atoms with van der Waals surface area (Å²) in [5.41, 5.74) is 6.90. The van der Waals surface area contributed by atoms with E-state index in [1.807, 2.05) is 19.0 Å². The van der Waals surface area contributed by atoms with Crippen molar-refractivity contribution in [3.8, 4) is 0 Å². The van der Waals surface area contributed by atoms with Crippen LogP contribution in [0, 0.1) is 0 Å². The largest absolute Gasteiger partial charge is 0.398 e. The summed E-state index contributed by atoms with van der Waals surface area (Å²) in [6.45, 7) is 1.31. The van der Waals surface area contributed by atoms with E-state index in [0.29, 0.717) is 33.5 Å². The van der Waals surface area contributed by atoms with Crippen LogP contribution >= 0.6 is 23.2 Å². The van der Waals surface area contributed by atoms with Crippen LogP contribution in [0.25, 0.3) is 0 Å². The lowest BCUT2D eigenvalue weighted by Gasteiger charge is -2.12. The van der Waals surface area contributed by atoms with Crippen molar-refractivity contribution in [3.05, 3.63) is 45.7 Å². The second-order valence-corrected chi connectivity index (χ2v) is 5.77. The molecule has 1 aromatic carbocycles. The summed E-state index contributed by atoms with van der Waals surface area (Å²) in [6.07, 6.45) is 1.47. The highest BCUT2D eigenvalue weighted by Gasteiger charge is 2.21. The van der Waals surface area contributed by atoms with E-state index in [1.54, 1.807) is 22.9 Å². The molecule has 0 radical (unpaired) electrons. The standard InChI is InChI=1S/C14H16Cl2N4O/c1-19(2)5-6-20-13(11(16)8-18-20)14(21)10-4-3-9(15)7-12(10)17/h3-4,7-8H,5-6,17H2,1-2H3. The minimum atomic E-state index is -0.259. The first kappa shape index (κ1) is 15.8. The van der Waals surface area contributed by atoms with Gasteiger partial charge in [-0.3, -0.25) is 9.48 Å². The predicted octanol–water partition coefficient (Wildman–Crippen LogP) is 2.56. The molecule has 7 heteroatoms. The van der Waals surface area contributed by atoms with Crippen LogP contribution in [0.3, 0.4) is 0 Å². The van der Waals surface area contributed by atoms with Gasteiger partial charge in [0, 0.05) is 22.8 Å². The van der Waals surface area contributed by atoms with Gasteiger partial charge in [-0.25, -0.2) is 0 Å². The van der Waals surface area contributed by atoms with Gasteiger partial charge in [0.05, 0.1) is 17.8 Å². The molecule has 0 aliphatic heterocycles. The average Bonchev–Trinajstić information content (AvgIpc) is 2.77. The molecule has 1 heterocycles.